The third-order valence-electron chi connectivity index (χ3n) is 1.12. The highest BCUT2D eigenvalue weighted by atomic mass is 16.5. The van der Waals surface area contributed by atoms with E-state index in [0.717, 1.165) is 13.0 Å². The molecule has 0 radical (unpaired) electrons. The zero-order chi connectivity index (χ0) is 8.24. The zero-order valence-corrected chi connectivity index (χ0v) is 7.94. The molecule has 0 bridgehead atoms. The van der Waals surface area contributed by atoms with E-state index in [0.29, 0.717) is 0 Å². The highest BCUT2D eigenvalue weighted by molar-refractivity contribution is 4.24. The van der Waals surface area contributed by atoms with Gasteiger partial charge >= 0.3 is 0 Å². The van der Waals surface area contributed by atoms with Crippen molar-refractivity contribution < 1.29 is 4.74 Å². The Labute approximate surface area is 65.8 Å². The Balaban J connectivity index is 0. The highest BCUT2D eigenvalue weighted by Gasteiger charge is 1.68. The molecule has 0 aliphatic heterocycles. The van der Waals surface area contributed by atoms with Gasteiger partial charge in [0.2, 0.25) is 0 Å². The summed E-state index contributed by atoms with van der Waals surface area (Å²) in [6.45, 7) is 7.40. The van der Waals surface area contributed by atoms with Crippen LogP contribution in [0.25, 0.3) is 0 Å². The first-order valence-electron chi connectivity index (χ1n) is 4.32. The molecule has 0 unspecified atom stereocenters. The van der Waals surface area contributed by atoms with Gasteiger partial charge in [-0.15, -0.1) is 0 Å². The van der Waals surface area contributed by atoms with Crippen molar-refractivity contribution >= 4 is 0 Å². The van der Waals surface area contributed by atoms with Crippen LogP contribution in [0.15, 0.2) is 0 Å². The van der Waals surface area contributed by atoms with Crippen molar-refractivity contribution in [3.05, 3.63) is 0 Å². The number of methoxy groups -OCH3 is 1. The molecular weight excluding hydrogens is 124 g/mol. The smallest absolute Gasteiger partial charge is 0.0459 e. The molecule has 0 saturated carbocycles. The van der Waals surface area contributed by atoms with E-state index in [2.05, 4.69) is 20.8 Å². The van der Waals surface area contributed by atoms with Crippen LogP contribution in [0, 0.1) is 0 Å². The van der Waals surface area contributed by atoms with Crippen molar-refractivity contribution in [2.75, 3.05) is 13.7 Å². The fourth-order valence-electron chi connectivity index (χ4n) is 0.558. The van der Waals surface area contributed by atoms with Crippen LogP contribution in [0.2, 0.25) is 0 Å². The largest absolute Gasteiger partial charge is 0.385 e. The van der Waals surface area contributed by atoms with Crippen molar-refractivity contribution in [1.82, 2.24) is 0 Å². The number of hydrogen-bond donors (Lipinski definition) is 0. The van der Waals surface area contributed by atoms with Gasteiger partial charge in [0.15, 0.2) is 0 Å². The Morgan fingerprint density at radius 3 is 1.40 bits per heavy atom. The molecule has 0 saturated heterocycles. The highest BCUT2D eigenvalue weighted by Crippen LogP contribution is 1.88. The van der Waals surface area contributed by atoms with Crippen molar-refractivity contribution in [3.63, 3.8) is 0 Å². The average molecular weight is 146 g/mol. The van der Waals surface area contributed by atoms with Gasteiger partial charge in [0.1, 0.15) is 0 Å². The first kappa shape index (κ1) is 12.6. The van der Waals surface area contributed by atoms with E-state index in [9.17, 15) is 0 Å². The number of unbranched alkanes of at least 4 members (excludes halogenated alkanes) is 2. The molecular formula is C9H22O. The fourth-order valence-corrected chi connectivity index (χ4v) is 0.558. The summed E-state index contributed by atoms with van der Waals surface area (Å²) in [6, 6.07) is 0. The Bertz CT molecular complexity index is 25.7. The van der Waals surface area contributed by atoms with E-state index >= 15 is 0 Å². The van der Waals surface area contributed by atoms with Gasteiger partial charge in [-0.2, -0.15) is 0 Å². The van der Waals surface area contributed by atoms with E-state index in [-0.39, 0.29) is 0 Å². The average Bonchev–Trinajstić information content (AvgIpc) is 1.93. The summed E-state index contributed by atoms with van der Waals surface area (Å²) < 4.78 is 4.69. The number of ether oxygens (including phenoxy) is 1. The maximum absolute atomic E-state index is 4.69. The summed E-state index contributed by atoms with van der Waals surface area (Å²) in [5, 5.41) is 0. The molecule has 10 heavy (non-hydrogen) atoms. The minimum absolute atomic E-state index is 0.889. The lowest BCUT2D eigenvalue weighted by molar-refractivity contribution is 0.199. The molecule has 0 aromatic rings. The Hall–Kier alpha value is -0.0400. The lowest BCUT2D eigenvalue weighted by Gasteiger charge is -1.84. The summed E-state index contributed by atoms with van der Waals surface area (Å²) in [6.07, 6.45) is 5.20. The molecule has 64 valence electrons. The van der Waals surface area contributed by atoms with Crippen LogP contribution in [-0.2, 0) is 4.74 Å². The molecule has 0 heterocycles. The maximum Gasteiger partial charge on any atom is 0.0459 e. The molecule has 0 aliphatic carbocycles. The Morgan fingerprint density at radius 2 is 1.40 bits per heavy atom. The van der Waals surface area contributed by atoms with Gasteiger partial charge < -0.3 is 4.74 Å². The number of rotatable bonds is 4. The lowest BCUT2D eigenvalue weighted by atomic mass is 10.3. The van der Waals surface area contributed by atoms with Crippen LogP contribution < -0.4 is 0 Å². The lowest BCUT2D eigenvalue weighted by Crippen LogP contribution is -1.80. The van der Waals surface area contributed by atoms with Crippen LogP contribution in [0.5, 0.6) is 0 Å². The van der Waals surface area contributed by atoms with Crippen LogP contribution in [0.4, 0.5) is 0 Å². The second kappa shape index (κ2) is 16.0. The quantitative estimate of drug-likeness (QED) is 0.591. The number of hydrogen-bond acceptors (Lipinski definition) is 1. The second-order valence-electron chi connectivity index (χ2n) is 2.35. The normalized spacial score (nSPS) is 8.40. The molecule has 0 spiro atoms. The molecule has 0 aromatic heterocycles. The molecule has 0 fully saturated rings. The molecule has 0 amide bonds. The van der Waals surface area contributed by atoms with Crippen LogP contribution in [0.1, 0.15) is 46.5 Å². The predicted molar refractivity (Wildman–Crippen MR) is 47.4 cm³/mol. The van der Waals surface area contributed by atoms with E-state index in [1.54, 1.807) is 7.11 Å². The van der Waals surface area contributed by atoms with Crippen LogP contribution in [-0.4, -0.2) is 13.7 Å². The molecule has 0 rings (SSSR count). The molecule has 0 aliphatic rings. The SMILES string of the molecule is CCCCC.CCCOC. The molecule has 1 nitrogen and oxygen atoms in total. The Kier molecular flexibility index (Phi) is 20.2. The van der Waals surface area contributed by atoms with Gasteiger partial charge in [-0.05, 0) is 6.42 Å². The second-order valence-corrected chi connectivity index (χ2v) is 2.35. The van der Waals surface area contributed by atoms with Crippen molar-refractivity contribution in [2.24, 2.45) is 0 Å². The predicted octanol–water partition coefficient (Wildman–Crippen LogP) is 3.24. The standard InChI is InChI=1S/C5H12.C4H10O/c1-3-5-4-2;1-3-4-5-2/h3-5H2,1-2H3;3-4H2,1-2H3. The summed E-state index contributed by atoms with van der Waals surface area (Å²) in [7, 11) is 1.71. The molecule has 1 heteroatoms. The van der Waals surface area contributed by atoms with Gasteiger partial charge in [-0.1, -0.05) is 40.0 Å². The van der Waals surface area contributed by atoms with Crippen molar-refractivity contribution in [1.29, 1.82) is 0 Å². The minimum Gasteiger partial charge on any atom is -0.385 e. The van der Waals surface area contributed by atoms with Gasteiger partial charge in [-0.3, -0.25) is 0 Å². The molecule has 0 aromatic carbocycles. The molecule has 0 N–H and O–H groups in total. The summed E-state index contributed by atoms with van der Waals surface area (Å²) in [5.74, 6) is 0. The summed E-state index contributed by atoms with van der Waals surface area (Å²) >= 11 is 0. The van der Waals surface area contributed by atoms with E-state index in [1.165, 1.54) is 19.3 Å². The van der Waals surface area contributed by atoms with Gasteiger partial charge in [-0.25, -0.2) is 0 Å². The maximum atomic E-state index is 4.69. The van der Waals surface area contributed by atoms with Gasteiger partial charge in [0.25, 0.3) is 0 Å². The Morgan fingerprint density at radius 1 is 0.900 bits per heavy atom. The van der Waals surface area contributed by atoms with Crippen LogP contribution >= 0.6 is 0 Å². The summed E-state index contributed by atoms with van der Waals surface area (Å²) in [5.41, 5.74) is 0. The van der Waals surface area contributed by atoms with E-state index < -0.39 is 0 Å². The monoisotopic (exact) mass is 146 g/mol. The zero-order valence-electron chi connectivity index (χ0n) is 7.94. The van der Waals surface area contributed by atoms with Crippen molar-refractivity contribution in [2.45, 2.75) is 46.5 Å². The van der Waals surface area contributed by atoms with E-state index in [1.807, 2.05) is 0 Å². The van der Waals surface area contributed by atoms with E-state index in [4.69, 9.17) is 4.74 Å². The van der Waals surface area contributed by atoms with Gasteiger partial charge in [0.05, 0.1) is 0 Å². The fraction of sp³-hybridized carbons (Fsp3) is 1.00. The minimum atomic E-state index is 0.889. The van der Waals surface area contributed by atoms with Gasteiger partial charge in [0, 0.05) is 13.7 Å². The molecule has 0 atom stereocenters. The third kappa shape index (κ3) is 24.6. The van der Waals surface area contributed by atoms with Crippen LogP contribution in [0.3, 0.4) is 0 Å². The summed E-state index contributed by atoms with van der Waals surface area (Å²) in [4.78, 5) is 0. The van der Waals surface area contributed by atoms with Crippen molar-refractivity contribution in [3.8, 4) is 0 Å². The first-order valence-corrected chi connectivity index (χ1v) is 4.32. The topological polar surface area (TPSA) is 9.23 Å². The third-order valence-corrected chi connectivity index (χ3v) is 1.12. The first-order chi connectivity index (χ1) is 4.83.